The Bertz CT molecular complexity index is 137. The third-order valence-corrected chi connectivity index (χ3v) is 2.17. The zero-order chi connectivity index (χ0) is 9.19. The molecule has 2 nitrogen and oxygen atoms in total. The first-order valence-corrected chi connectivity index (χ1v) is 4.85. The van der Waals surface area contributed by atoms with Crippen LogP contribution in [-0.4, -0.2) is 22.9 Å². The van der Waals surface area contributed by atoms with Gasteiger partial charge in [0.25, 0.3) is 0 Å². The Hall–Kier alpha value is -0.0800. The van der Waals surface area contributed by atoms with Crippen LogP contribution in [0, 0.1) is 0 Å². The van der Waals surface area contributed by atoms with Crippen LogP contribution in [0.15, 0.2) is 0 Å². The topological polar surface area (TPSA) is 29.5 Å². The Morgan fingerprint density at radius 1 is 1.17 bits per heavy atom. The van der Waals surface area contributed by atoms with Crippen molar-refractivity contribution < 1.29 is 9.84 Å². The molecule has 0 unspecified atom stereocenters. The van der Waals surface area contributed by atoms with E-state index in [1.165, 1.54) is 6.42 Å². The van der Waals surface area contributed by atoms with Crippen LogP contribution < -0.4 is 0 Å². The van der Waals surface area contributed by atoms with Gasteiger partial charge < -0.3 is 9.84 Å². The van der Waals surface area contributed by atoms with Gasteiger partial charge in [-0.25, -0.2) is 0 Å². The lowest BCUT2D eigenvalue weighted by molar-refractivity contribution is -0.124. The molecule has 1 fully saturated rings. The standard InChI is InChI=1S/C10H20O2/c1-10(2,3)12-9-7-5-4-6-8(9)11/h8-9,11H,4-7H2,1-3H3/t8-,9-/m1/s1. The van der Waals surface area contributed by atoms with E-state index in [1.807, 2.05) is 20.8 Å². The molecule has 12 heavy (non-hydrogen) atoms. The van der Waals surface area contributed by atoms with Crippen molar-refractivity contribution in [2.75, 3.05) is 0 Å². The lowest BCUT2D eigenvalue weighted by Gasteiger charge is -2.33. The second-order valence-corrected chi connectivity index (χ2v) is 4.62. The van der Waals surface area contributed by atoms with Gasteiger partial charge in [-0.2, -0.15) is 0 Å². The molecule has 0 bridgehead atoms. The van der Waals surface area contributed by atoms with Crippen molar-refractivity contribution in [2.24, 2.45) is 0 Å². The minimum absolute atomic E-state index is 0.0683. The molecule has 0 heterocycles. The Morgan fingerprint density at radius 2 is 1.75 bits per heavy atom. The molecule has 0 radical (unpaired) electrons. The summed E-state index contributed by atoms with van der Waals surface area (Å²) in [5.74, 6) is 0. The van der Waals surface area contributed by atoms with E-state index in [0.717, 1.165) is 19.3 Å². The van der Waals surface area contributed by atoms with Gasteiger partial charge in [-0.15, -0.1) is 0 Å². The highest BCUT2D eigenvalue weighted by molar-refractivity contribution is 4.77. The number of ether oxygens (including phenoxy) is 1. The van der Waals surface area contributed by atoms with E-state index in [4.69, 9.17) is 4.74 Å². The summed E-state index contributed by atoms with van der Waals surface area (Å²) in [6.45, 7) is 6.11. The van der Waals surface area contributed by atoms with Gasteiger partial charge in [-0.05, 0) is 33.6 Å². The molecule has 1 saturated carbocycles. The van der Waals surface area contributed by atoms with Gasteiger partial charge in [0, 0.05) is 0 Å². The molecule has 2 heteroatoms. The molecule has 0 aromatic heterocycles. The molecule has 72 valence electrons. The van der Waals surface area contributed by atoms with Crippen LogP contribution in [0.3, 0.4) is 0 Å². The quantitative estimate of drug-likeness (QED) is 0.656. The van der Waals surface area contributed by atoms with Gasteiger partial charge in [-0.1, -0.05) is 12.8 Å². The number of rotatable bonds is 1. The fraction of sp³-hybridized carbons (Fsp3) is 1.00. The summed E-state index contributed by atoms with van der Waals surface area (Å²) >= 11 is 0. The first kappa shape index (κ1) is 10.0. The molecule has 1 N–H and O–H groups in total. The van der Waals surface area contributed by atoms with Crippen molar-refractivity contribution in [3.63, 3.8) is 0 Å². The van der Waals surface area contributed by atoms with Crippen molar-refractivity contribution in [3.05, 3.63) is 0 Å². The largest absolute Gasteiger partial charge is 0.390 e. The maximum absolute atomic E-state index is 9.61. The van der Waals surface area contributed by atoms with E-state index in [2.05, 4.69) is 0 Å². The Kier molecular flexibility index (Phi) is 3.13. The number of aliphatic hydroxyl groups excluding tert-OH is 1. The summed E-state index contributed by atoms with van der Waals surface area (Å²) < 4.78 is 5.74. The molecule has 1 aliphatic rings. The van der Waals surface area contributed by atoms with Crippen molar-refractivity contribution in [1.82, 2.24) is 0 Å². The summed E-state index contributed by atoms with van der Waals surface area (Å²) in [6, 6.07) is 0. The van der Waals surface area contributed by atoms with E-state index in [9.17, 15) is 5.11 Å². The summed E-state index contributed by atoms with van der Waals surface area (Å²) in [7, 11) is 0. The smallest absolute Gasteiger partial charge is 0.0841 e. The number of hydrogen-bond donors (Lipinski definition) is 1. The first-order valence-electron chi connectivity index (χ1n) is 4.85. The summed E-state index contributed by atoms with van der Waals surface area (Å²) in [5.41, 5.74) is -0.122. The average Bonchev–Trinajstić information content (AvgIpc) is 1.91. The number of hydrogen-bond acceptors (Lipinski definition) is 2. The summed E-state index contributed by atoms with van der Waals surface area (Å²) in [4.78, 5) is 0. The Balaban J connectivity index is 2.39. The third-order valence-electron chi connectivity index (χ3n) is 2.17. The van der Waals surface area contributed by atoms with Crippen molar-refractivity contribution in [3.8, 4) is 0 Å². The van der Waals surface area contributed by atoms with Crippen molar-refractivity contribution >= 4 is 0 Å². The van der Waals surface area contributed by atoms with Gasteiger partial charge in [0.15, 0.2) is 0 Å². The van der Waals surface area contributed by atoms with Crippen LogP contribution in [0.4, 0.5) is 0 Å². The third kappa shape index (κ3) is 3.11. The number of aliphatic hydroxyl groups is 1. The van der Waals surface area contributed by atoms with E-state index in [0.29, 0.717) is 0 Å². The van der Waals surface area contributed by atoms with Gasteiger partial charge in [0.05, 0.1) is 17.8 Å². The molecule has 2 atom stereocenters. The monoisotopic (exact) mass is 172 g/mol. The van der Waals surface area contributed by atoms with E-state index >= 15 is 0 Å². The summed E-state index contributed by atoms with van der Waals surface area (Å²) in [5, 5.41) is 9.61. The Morgan fingerprint density at radius 3 is 2.25 bits per heavy atom. The van der Waals surface area contributed by atoms with Crippen LogP contribution in [0.25, 0.3) is 0 Å². The summed E-state index contributed by atoms with van der Waals surface area (Å²) in [6.07, 6.45) is 4.08. The van der Waals surface area contributed by atoms with Crippen LogP contribution in [-0.2, 0) is 4.74 Å². The van der Waals surface area contributed by atoms with Crippen molar-refractivity contribution in [1.29, 1.82) is 0 Å². The average molecular weight is 172 g/mol. The molecule has 1 rings (SSSR count). The zero-order valence-electron chi connectivity index (χ0n) is 8.34. The van der Waals surface area contributed by atoms with E-state index < -0.39 is 0 Å². The predicted molar refractivity (Wildman–Crippen MR) is 49.1 cm³/mol. The minimum atomic E-state index is -0.238. The first-order chi connectivity index (χ1) is 5.49. The highest BCUT2D eigenvalue weighted by Crippen LogP contribution is 2.24. The van der Waals surface area contributed by atoms with Crippen LogP contribution in [0.2, 0.25) is 0 Å². The SMILES string of the molecule is CC(C)(C)O[C@@H]1CCCC[C@H]1O. The van der Waals surface area contributed by atoms with E-state index in [-0.39, 0.29) is 17.8 Å². The molecular formula is C10H20O2. The molecule has 0 aromatic carbocycles. The molecule has 0 aliphatic heterocycles. The predicted octanol–water partition coefficient (Wildman–Crippen LogP) is 2.11. The van der Waals surface area contributed by atoms with Gasteiger partial charge >= 0.3 is 0 Å². The maximum Gasteiger partial charge on any atom is 0.0841 e. The molecule has 0 amide bonds. The highest BCUT2D eigenvalue weighted by Gasteiger charge is 2.27. The zero-order valence-corrected chi connectivity index (χ0v) is 8.34. The molecule has 0 spiro atoms. The van der Waals surface area contributed by atoms with Gasteiger partial charge in [0.2, 0.25) is 0 Å². The van der Waals surface area contributed by atoms with Crippen LogP contribution in [0.1, 0.15) is 46.5 Å². The normalized spacial score (nSPS) is 32.0. The van der Waals surface area contributed by atoms with Crippen molar-refractivity contribution in [2.45, 2.75) is 64.3 Å². The van der Waals surface area contributed by atoms with Gasteiger partial charge in [0.1, 0.15) is 0 Å². The van der Waals surface area contributed by atoms with E-state index in [1.54, 1.807) is 0 Å². The molecule has 0 aromatic rings. The van der Waals surface area contributed by atoms with Gasteiger partial charge in [-0.3, -0.25) is 0 Å². The van der Waals surface area contributed by atoms with Crippen LogP contribution >= 0.6 is 0 Å². The Labute approximate surface area is 74.9 Å². The highest BCUT2D eigenvalue weighted by atomic mass is 16.5. The fourth-order valence-electron chi connectivity index (χ4n) is 1.67. The molecular weight excluding hydrogens is 152 g/mol. The minimum Gasteiger partial charge on any atom is -0.390 e. The molecule has 0 saturated heterocycles. The fourth-order valence-corrected chi connectivity index (χ4v) is 1.67. The second kappa shape index (κ2) is 3.75. The lowest BCUT2D eigenvalue weighted by atomic mass is 9.94. The van der Waals surface area contributed by atoms with Crippen LogP contribution in [0.5, 0.6) is 0 Å². The lowest BCUT2D eigenvalue weighted by Crippen LogP contribution is -2.38. The molecule has 1 aliphatic carbocycles. The second-order valence-electron chi connectivity index (χ2n) is 4.62. The maximum atomic E-state index is 9.61.